The molecule has 1 saturated carbocycles. The number of carbonyl (C=O) groups is 1. The van der Waals surface area contributed by atoms with E-state index in [4.69, 9.17) is 0 Å². The molecule has 0 spiro atoms. The molecule has 0 aliphatic heterocycles. The average Bonchev–Trinajstić information content (AvgIpc) is 3.33. The molecular weight excluding hydrogens is 352 g/mol. The minimum Gasteiger partial charge on any atom is -0.345 e. The Morgan fingerprint density at radius 3 is 2.04 bits per heavy atom. The first-order valence-electron chi connectivity index (χ1n) is 9.92. The van der Waals surface area contributed by atoms with Crippen LogP contribution in [-0.2, 0) is 11.2 Å². The molecule has 0 bridgehead atoms. The normalized spacial score (nSPS) is 13.0. The number of aryl methyl sites for hydroxylation is 2. The summed E-state index contributed by atoms with van der Waals surface area (Å²) in [4.78, 5) is 17.5. The van der Waals surface area contributed by atoms with Gasteiger partial charge in [-0.15, -0.1) is 11.3 Å². The van der Waals surface area contributed by atoms with Crippen LogP contribution in [0.2, 0.25) is 0 Å². The summed E-state index contributed by atoms with van der Waals surface area (Å²) < 4.78 is 0. The second-order valence-corrected chi connectivity index (χ2v) is 8.79. The van der Waals surface area contributed by atoms with Crippen molar-refractivity contribution >= 4 is 22.3 Å². The number of aromatic nitrogens is 1. The summed E-state index contributed by atoms with van der Waals surface area (Å²) in [5.41, 5.74) is 2.42. The van der Waals surface area contributed by atoms with Crippen molar-refractivity contribution in [3.05, 3.63) is 47.0 Å². The zero-order valence-electron chi connectivity index (χ0n) is 18.1. The summed E-state index contributed by atoms with van der Waals surface area (Å²) in [7, 11) is 0. The van der Waals surface area contributed by atoms with Crippen molar-refractivity contribution in [2.75, 3.05) is 11.4 Å². The fourth-order valence-electron chi connectivity index (χ4n) is 2.06. The molecule has 1 heterocycles. The molecule has 0 unspecified atom stereocenters. The van der Waals surface area contributed by atoms with Crippen LogP contribution < -0.4 is 4.90 Å². The van der Waals surface area contributed by atoms with Crippen LogP contribution in [-0.4, -0.2) is 23.4 Å². The molecular formula is C23H36N2OS. The number of hydrogen-bond acceptors (Lipinski definition) is 4. The predicted octanol–water partition coefficient (Wildman–Crippen LogP) is 6.31. The van der Waals surface area contributed by atoms with Gasteiger partial charge in [0.2, 0.25) is 0 Å². The van der Waals surface area contributed by atoms with Gasteiger partial charge in [0.1, 0.15) is 5.78 Å². The Morgan fingerprint density at radius 1 is 1.19 bits per heavy atom. The number of benzene rings is 1. The highest BCUT2D eigenvalue weighted by Gasteiger charge is 2.29. The van der Waals surface area contributed by atoms with E-state index < -0.39 is 0 Å². The molecule has 3 nitrogen and oxygen atoms in total. The smallest absolute Gasteiger partial charge is 0.185 e. The molecule has 27 heavy (non-hydrogen) atoms. The van der Waals surface area contributed by atoms with Crippen LogP contribution in [0.4, 0.5) is 5.13 Å². The van der Waals surface area contributed by atoms with Gasteiger partial charge in [-0.2, -0.15) is 0 Å². The average molecular weight is 389 g/mol. The molecule has 0 saturated heterocycles. The fraction of sp³-hybridized carbons (Fsp3) is 0.565. The molecule has 1 fully saturated rings. The van der Waals surface area contributed by atoms with E-state index in [-0.39, 0.29) is 11.2 Å². The summed E-state index contributed by atoms with van der Waals surface area (Å²) in [6.45, 7) is 14.9. The molecule has 0 N–H and O–H groups in total. The molecule has 1 aliphatic carbocycles. The maximum Gasteiger partial charge on any atom is 0.185 e. The van der Waals surface area contributed by atoms with E-state index in [1.54, 1.807) is 18.3 Å². The maximum absolute atomic E-state index is 10.5. The maximum atomic E-state index is 10.5. The van der Waals surface area contributed by atoms with E-state index in [0.717, 1.165) is 19.0 Å². The monoisotopic (exact) mass is 388 g/mol. The van der Waals surface area contributed by atoms with E-state index >= 15 is 0 Å². The number of Topliss-reactive ketones (excluding diaryl/α,β-unsaturated/α-hetero) is 1. The molecule has 0 atom stereocenters. The quantitative estimate of drug-likeness (QED) is 0.615. The van der Waals surface area contributed by atoms with Gasteiger partial charge in [-0.3, -0.25) is 4.79 Å². The third-order valence-corrected chi connectivity index (χ3v) is 5.40. The van der Waals surface area contributed by atoms with Crippen LogP contribution in [0, 0.1) is 12.3 Å². The van der Waals surface area contributed by atoms with Crippen molar-refractivity contribution in [2.45, 2.75) is 73.8 Å². The minimum absolute atomic E-state index is 0.139. The Labute approximate surface area is 169 Å². The van der Waals surface area contributed by atoms with Gasteiger partial charge in [0, 0.05) is 23.4 Å². The summed E-state index contributed by atoms with van der Waals surface area (Å²) >= 11 is 1.79. The van der Waals surface area contributed by atoms with E-state index in [9.17, 15) is 4.79 Å². The second kappa shape index (κ2) is 11.2. The lowest BCUT2D eigenvalue weighted by Gasteiger charge is -2.18. The number of ketones is 1. The Morgan fingerprint density at radius 2 is 1.74 bits per heavy atom. The molecule has 0 amide bonds. The number of carbonyl (C=O) groups excluding carboxylic acids is 1. The van der Waals surface area contributed by atoms with Crippen LogP contribution in [0.25, 0.3) is 0 Å². The van der Waals surface area contributed by atoms with Crippen molar-refractivity contribution in [2.24, 2.45) is 5.41 Å². The molecule has 150 valence electrons. The Hall–Kier alpha value is -1.68. The fourth-order valence-corrected chi connectivity index (χ4v) is 3.11. The number of nitrogens with zero attached hydrogens (tertiary/aromatic N) is 2. The zero-order chi connectivity index (χ0) is 20.4. The van der Waals surface area contributed by atoms with Gasteiger partial charge in [-0.05, 0) is 40.0 Å². The molecule has 2 aromatic rings. The summed E-state index contributed by atoms with van der Waals surface area (Å²) in [6.07, 6.45) is 3.77. The van der Waals surface area contributed by atoms with Gasteiger partial charge in [0.15, 0.2) is 5.13 Å². The van der Waals surface area contributed by atoms with Crippen molar-refractivity contribution in [1.82, 2.24) is 4.98 Å². The molecule has 3 rings (SSSR count). The van der Waals surface area contributed by atoms with E-state index in [2.05, 4.69) is 48.2 Å². The third kappa shape index (κ3) is 9.18. The van der Waals surface area contributed by atoms with Crippen LogP contribution >= 0.6 is 11.3 Å². The van der Waals surface area contributed by atoms with E-state index in [1.807, 2.05) is 39.0 Å². The molecule has 1 aromatic heterocycles. The minimum atomic E-state index is -0.139. The van der Waals surface area contributed by atoms with Crippen molar-refractivity contribution in [3.8, 4) is 0 Å². The first-order chi connectivity index (χ1) is 12.7. The van der Waals surface area contributed by atoms with Crippen molar-refractivity contribution < 1.29 is 4.79 Å². The highest BCUT2D eigenvalue weighted by molar-refractivity contribution is 7.13. The van der Waals surface area contributed by atoms with Crippen LogP contribution in [0.15, 0.2) is 35.7 Å². The molecule has 0 radical (unpaired) electrons. The molecule has 1 aliphatic rings. The van der Waals surface area contributed by atoms with Crippen LogP contribution in [0.1, 0.15) is 65.6 Å². The number of hydrogen-bond donors (Lipinski definition) is 0. The molecule has 4 heteroatoms. The highest BCUT2D eigenvalue weighted by atomic mass is 32.1. The third-order valence-electron chi connectivity index (χ3n) is 4.47. The van der Waals surface area contributed by atoms with Crippen LogP contribution in [0.5, 0.6) is 0 Å². The lowest BCUT2D eigenvalue weighted by Crippen LogP contribution is -2.24. The van der Waals surface area contributed by atoms with Gasteiger partial charge in [-0.25, -0.2) is 4.98 Å². The Kier molecular flexibility index (Phi) is 9.71. The van der Waals surface area contributed by atoms with Crippen molar-refractivity contribution in [3.63, 3.8) is 0 Å². The lowest BCUT2D eigenvalue weighted by atomic mass is 9.92. The Bertz CT molecular complexity index is 669. The predicted molar refractivity (Wildman–Crippen MR) is 119 cm³/mol. The highest BCUT2D eigenvalue weighted by Crippen LogP contribution is 2.33. The first-order valence-corrected chi connectivity index (χ1v) is 10.8. The number of rotatable bonds is 4. The summed E-state index contributed by atoms with van der Waals surface area (Å²) in [5, 5.41) is 3.40. The van der Waals surface area contributed by atoms with Crippen molar-refractivity contribution in [1.29, 1.82) is 0 Å². The van der Waals surface area contributed by atoms with Gasteiger partial charge in [-0.1, -0.05) is 63.6 Å². The number of anilines is 1. The SMILES string of the molecule is CC(=O)C(C)(C)C.CCc1csc(N(CC)C2CC2)n1.Cc1ccccc1. The van der Waals surface area contributed by atoms with Gasteiger partial charge >= 0.3 is 0 Å². The zero-order valence-corrected chi connectivity index (χ0v) is 18.9. The standard InChI is InChI=1S/C10H16N2S.C7H8.C6H12O/c1-3-8-7-13-10(11-8)12(4-2)9-5-6-9;1-7-5-3-2-4-6-7;1-5(7)6(2,3)4/h7,9H,3-6H2,1-2H3;2-6H,1H3;1-4H3. The summed E-state index contributed by atoms with van der Waals surface area (Å²) in [6, 6.07) is 11.1. The molecule has 1 aromatic carbocycles. The van der Waals surface area contributed by atoms with Crippen LogP contribution in [0.3, 0.4) is 0 Å². The second-order valence-electron chi connectivity index (χ2n) is 7.95. The Balaban J connectivity index is 0.000000223. The van der Waals surface area contributed by atoms with E-state index in [1.165, 1.54) is 29.2 Å². The summed E-state index contributed by atoms with van der Waals surface area (Å²) in [5.74, 6) is 0.243. The van der Waals surface area contributed by atoms with Gasteiger partial charge < -0.3 is 4.90 Å². The van der Waals surface area contributed by atoms with Gasteiger partial charge in [0.05, 0.1) is 5.69 Å². The lowest BCUT2D eigenvalue weighted by molar-refractivity contribution is -0.124. The first kappa shape index (κ1) is 23.4. The number of thiazole rings is 1. The van der Waals surface area contributed by atoms with E-state index in [0.29, 0.717) is 0 Å². The largest absolute Gasteiger partial charge is 0.345 e. The van der Waals surface area contributed by atoms with Gasteiger partial charge in [0.25, 0.3) is 0 Å². The topological polar surface area (TPSA) is 33.2 Å².